The zero-order valence-electron chi connectivity index (χ0n) is 12.9. The van der Waals surface area contributed by atoms with Crippen molar-refractivity contribution in [2.24, 2.45) is 11.0 Å². The molecule has 0 heterocycles. The number of nitrogens with zero attached hydrogens (tertiary/aromatic N) is 1. The van der Waals surface area contributed by atoms with Gasteiger partial charge in [0.05, 0.1) is 5.92 Å². The molecule has 0 bridgehead atoms. The standard InChI is InChI=1S/C19H20N2O/c1-14(2)20-21-18(22)17-13-19(17,15-9-5-3-6-10-15)16-11-7-4-8-12-16/h3-12,17H,13H2,1-2H3,(H,21,22)/t17-/m0/s1. The second kappa shape index (κ2) is 5.76. The van der Waals surface area contributed by atoms with Gasteiger partial charge in [-0.05, 0) is 31.4 Å². The minimum absolute atomic E-state index is 0.00564. The average molecular weight is 292 g/mol. The van der Waals surface area contributed by atoms with E-state index in [-0.39, 0.29) is 17.2 Å². The molecule has 0 aliphatic heterocycles. The van der Waals surface area contributed by atoms with Gasteiger partial charge in [-0.15, -0.1) is 0 Å². The van der Waals surface area contributed by atoms with Crippen LogP contribution in [0.1, 0.15) is 31.4 Å². The van der Waals surface area contributed by atoms with Crippen LogP contribution in [0.4, 0.5) is 0 Å². The van der Waals surface area contributed by atoms with Gasteiger partial charge in [0.1, 0.15) is 0 Å². The molecule has 1 amide bonds. The summed E-state index contributed by atoms with van der Waals surface area (Å²) in [6.07, 6.45) is 0.825. The van der Waals surface area contributed by atoms with E-state index in [4.69, 9.17) is 0 Å². The van der Waals surface area contributed by atoms with Crippen molar-refractivity contribution >= 4 is 11.6 Å². The van der Waals surface area contributed by atoms with Crippen LogP contribution < -0.4 is 5.43 Å². The van der Waals surface area contributed by atoms with Crippen LogP contribution in [0.3, 0.4) is 0 Å². The van der Waals surface area contributed by atoms with Gasteiger partial charge in [0, 0.05) is 11.1 Å². The number of nitrogens with one attached hydrogen (secondary N) is 1. The van der Waals surface area contributed by atoms with E-state index in [1.165, 1.54) is 11.1 Å². The Bertz CT molecular complexity index is 648. The number of hydrogen-bond donors (Lipinski definition) is 1. The van der Waals surface area contributed by atoms with Crippen molar-refractivity contribution in [1.29, 1.82) is 0 Å². The molecule has 0 radical (unpaired) electrons. The Balaban J connectivity index is 1.95. The van der Waals surface area contributed by atoms with Crippen molar-refractivity contribution in [2.45, 2.75) is 25.7 Å². The van der Waals surface area contributed by atoms with Crippen LogP contribution in [0.25, 0.3) is 0 Å². The van der Waals surface area contributed by atoms with Crippen molar-refractivity contribution in [2.75, 3.05) is 0 Å². The summed E-state index contributed by atoms with van der Waals surface area (Å²) in [6.45, 7) is 3.74. The molecular formula is C19H20N2O. The SMILES string of the molecule is CC(C)=NNC(=O)[C@@H]1CC1(c1ccccc1)c1ccccc1. The summed E-state index contributed by atoms with van der Waals surface area (Å²) in [7, 11) is 0. The molecule has 1 N–H and O–H groups in total. The largest absolute Gasteiger partial charge is 0.273 e. The van der Waals surface area contributed by atoms with Crippen molar-refractivity contribution in [1.82, 2.24) is 5.43 Å². The lowest BCUT2D eigenvalue weighted by molar-refractivity contribution is -0.122. The lowest BCUT2D eigenvalue weighted by Gasteiger charge is -2.18. The third-order valence-corrected chi connectivity index (χ3v) is 4.24. The van der Waals surface area contributed by atoms with Gasteiger partial charge < -0.3 is 0 Å². The summed E-state index contributed by atoms with van der Waals surface area (Å²) in [5, 5.41) is 4.06. The molecule has 1 aliphatic rings. The highest BCUT2D eigenvalue weighted by Crippen LogP contribution is 2.58. The molecule has 0 saturated heterocycles. The molecule has 2 aromatic carbocycles. The molecule has 22 heavy (non-hydrogen) atoms. The highest BCUT2D eigenvalue weighted by molar-refractivity contribution is 5.87. The Kier molecular flexibility index (Phi) is 3.80. The van der Waals surface area contributed by atoms with Crippen LogP contribution in [0.15, 0.2) is 65.8 Å². The number of carbonyl (C=O) groups excluding carboxylic acids is 1. The predicted molar refractivity (Wildman–Crippen MR) is 88.7 cm³/mol. The number of rotatable bonds is 4. The monoisotopic (exact) mass is 292 g/mol. The molecule has 0 unspecified atom stereocenters. The molecule has 1 fully saturated rings. The minimum atomic E-state index is -0.218. The van der Waals surface area contributed by atoms with Crippen molar-refractivity contribution in [3.8, 4) is 0 Å². The highest BCUT2D eigenvalue weighted by atomic mass is 16.2. The van der Waals surface area contributed by atoms with Crippen molar-refractivity contribution in [3.05, 3.63) is 71.8 Å². The minimum Gasteiger partial charge on any atom is -0.273 e. The maximum atomic E-state index is 12.5. The van der Waals surface area contributed by atoms with E-state index < -0.39 is 0 Å². The van der Waals surface area contributed by atoms with Crippen molar-refractivity contribution < 1.29 is 4.79 Å². The summed E-state index contributed by atoms with van der Waals surface area (Å²) in [5.74, 6) is -0.0747. The summed E-state index contributed by atoms with van der Waals surface area (Å²) in [4.78, 5) is 12.5. The van der Waals surface area contributed by atoms with E-state index in [0.29, 0.717) is 0 Å². The van der Waals surface area contributed by atoms with Crippen LogP contribution >= 0.6 is 0 Å². The Morgan fingerprint density at radius 1 is 1.00 bits per heavy atom. The number of carbonyl (C=O) groups is 1. The van der Waals surface area contributed by atoms with Crippen LogP contribution in [0, 0.1) is 5.92 Å². The first kappa shape index (κ1) is 14.5. The molecule has 1 aliphatic carbocycles. The molecule has 2 aromatic rings. The third kappa shape index (κ3) is 2.54. The zero-order chi connectivity index (χ0) is 15.6. The summed E-state index contributed by atoms with van der Waals surface area (Å²) in [5.41, 5.74) is 5.70. The van der Waals surface area contributed by atoms with Crippen LogP contribution in [0.2, 0.25) is 0 Å². The Labute approximate surface area is 131 Å². The van der Waals surface area contributed by atoms with Gasteiger partial charge in [-0.25, -0.2) is 5.43 Å². The van der Waals surface area contributed by atoms with Gasteiger partial charge in [-0.2, -0.15) is 5.10 Å². The number of amides is 1. The lowest BCUT2D eigenvalue weighted by atomic mass is 9.85. The van der Waals surface area contributed by atoms with Gasteiger partial charge >= 0.3 is 0 Å². The summed E-state index contributed by atoms with van der Waals surface area (Å²) >= 11 is 0. The summed E-state index contributed by atoms with van der Waals surface area (Å²) in [6, 6.07) is 20.5. The van der Waals surface area contributed by atoms with E-state index in [9.17, 15) is 4.79 Å². The van der Waals surface area contributed by atoms with Crippen LogP contribution in [-0.2, 0) is 10.2 Å². The van der Waals surface area contributed by atoms with E-state index in [1.807, 2.05) is 50.2 Å². The first-order valence-electron chi connectivity index (χ1n) is 7.56. The first-order valence-corrected chi connectivity index (χ1v) is 7.56. The smallest absolute Gasteiger partial charge is 0.244 e. The molecule has 0 spiro atoms. The Morgan fingerprint density at radius 2 is 1.50 bits per heavy atom. The lowest BCUT2D eigenvalue weighted by Crippen LogP contribution is -2.26. The maximum absolute atomic E-state index is 12.5. The van der Waals surface area contributed by atoms with E-state index in [1.54, 1.807) is 0 Å². The third-order valence-electron chi connectivity index (χ3n) is 4.24. The van der Waals surface area contributed by atoms with Crippen LogP contribution in [-0.4, -0.2) is 11.6 Å². The van der Waals surface area contributed by atoms with Gasteiger partial charge in [0.25, 0.3) is 0 Å². The fraction of sp³-hybridized carbons (Fsp3) is 0.263. The second-order valence-electron chi connectivity index (χ2n) is 6.00. The molecule has 1 atom stereocenters. The predicted octanol–water partition coefficient (Wildman–Crippen LogP) is 3.50. The number of hydrazone groups is 1. The molecule has 3 nitrogen and oxygen atoms in total. The van der Waals surface area contributed by atoms with E-state index in [2.05, 4.69) is 34.8 Å². The van der Waals surface area contributed by atoms with Crippen LogP contribution in [0.5, 0.6) is 0 Å². The summed E-state index contributed by atoms with van der Waals surface area (Å²) < 4.78 is 0. The topological polar surface area (TPSA) is 41.5 Å². The molecule has 3 heteroatoms. The van der Waals surface area contributed by atoms with Gasteiger partial charge in [-0.1, -0.05) is 60.7 Å². The molecule has 1 saturated carbocycles. The Morgan fingerprint density at radius 3 is 1.95 bits per heavy atom. The quantitative estimate of drug-likeness (QED) is 0.680. The maximum Gasteiger partial charge on any atom is 0.244 e. The van der Waals surface area contributed by atoms with Gasteiger partial charge in [0.2, 0.25) is 5.91 Å². The molecular weight excluding hydrogens is 272 g/mol. The molecule has 0 aromatic heterocycles. The number of hydrogen-bond acceptors (Lipinski definition) is 2. The van der Waals surface area contributed by atoms with E-state index >= 15 is 0 Å². The number of benzene rings is 2. The van der Waals surface area contributed by atoms with E-state index in [0.717, 1.165) is 12.1 Å². The van der Waals surface area contributed by atoms with Gasteiger partial charge in [0.15, 0.2) is 0 Å². The zero-order valence-corrected chi connectivity index (χ0v) is 12.9. The fourth-order valence-corrected chi connectivity index (χ4v) is 3.10. The fourth-order valence-electron chi connectivity index (χ4n) is 3.10. The van der Waals surface area contributed by atoms with Gasteiger partial charge in [-0.3, -0.25) is 4.79 Å². The first-order chi connectivity index (χ1) is 10.6. The highest BCUT2D eigenvalue weighted by Gasteiger charge is 2.60. The second-order valence-corrected chi connectivity index (χ2v) is 6.00. The molecule has 3 rings (SSSR count). The average Bonchev–Trinajstić information content (AvgIpc) is 3.31. The normalized spacial score (nSPS) is 18.4. The molecule has 112 valence electrons. The van der Waals surface area contributed by atoms with Crippen molar-refractivity contribution in [3.63, 3.8) is 0 Å². The Hall–Kier alpha value is -2.42.